The van der Waals surface area contributed by atoms with Crippen molar-refractivity contribution in [3.63, 3.8) is 0 Å². The van der Waals surface area contributed by atoms with Gasteiger partial charge < -0.3 is 11.1 Å². The maximum absolute atomic E-state index is 12.9. The van der Waals surface area contributed by atoms with Crippen molar-refractivity contribution < 1.29 is 9.59 Å². The second kappa shape index (κ2) is 12.0. The van der Waals surface area contributed by atoms with Gasteiger partial charge in [-0.2, -0.15) is 0 Å². The zero-order valence-electron chi connectivity index (χ0n) is 17.6. The van der Waals surface area contributed by atoms with E-state index in [1.54, 1.807) is 6.92 Å². The van der Waals surface area contributed by atoms with Crippen LogP contribution in [0.4, 0.5) is 0 Å². The van der Waals surface area contributed by atoms with Crippen molar-refractivity contribution in [2.75, 3.05) is 0 Å². The summed E-state index contributed by atoms with van der Waals surface area (Å²) in [6, 6.07) is -0.462. The maximum atomic E-state index is 12.9. The Morgan fingerprint density at radius 3 is 2.23 bits per heavy atom. The summed E-state index contributed by atoms with van der Waals surface area (Å²) < 4.78 is 0. The van der Waals surface area contributed by atoms with Crippen molar-refractivity contribution in [1.29, 1.82) is 0 Å². The second-order valence-corrected chi connectivity index (χ2v) is 9.06. The van der Waals surface area contributed by atoms with Crippen molar-refractivity contribution in [3.8, 4) is 0 Å². The van der Waals surface area contributed by atoms with E-state index in [0.29, 0.717) is 35.9 Å². The highest BCUT2D eigenvalue weighted by atomic mass is 35.5. The van der Waals surface area contributed by atoms with E-state index in [9.17, 15) is 9.59 Å². The maximum Gasteiger partial charge on any atom is 0.236 e. The quantitative estimate of drug-likeness (QED) is 0.616. The van der Waals surface area contributed by atoms with Crippen LogP contribution in [0.5, 0.6) is 0 Å². The predicted octanol–water partition coefficient (Wildman–Crippen LogP) is 4.34. The molecule has 1 rings (SSSR count). The minimum atomic E-state index is -0.505. The van der Waals surface area contributed by atoms with E-state index in [1.165, 1.54) is 12.8 Å². The monoisotopic (exact) mass is 388 g/mol. The zero-order chi connectivity index (χ0) is 19.1. The van der Waals surface area contributed by atoms with Crippen molar-refractivity contribution in [2.45, 2.75) is 92.2 Å². The first-order valence-corrected chi connectivity index (χ1v) is 10.2. The first-order valence-electron chi connectivity index (χ1n) is 10.2. The van der Waals surface area contributed by atoms with Gasteiger partial charge in [-0.1, -0.05) is 41.0 Å². The van der Waals surface area contributed by atoms with Crippen LogP contribution >= 0.6 is 12.4 Å². The smallest absolute Gasteiger partial charge is 0.236 e. The highest BCUT2D eigenvalue weighted by molar-refractivity contribution is 5.85. The van der Waals surface area contributed by atoms with Gasteiger partial charge in [0.1, 0.15) is 5.78 Å². The zero-order valence-corrected chi connectivity index (χ0v) is 18.4. The van der Waals surface area contributed by atoms with Crippen LogP contribution in [0.1, 0.15) is 80.1 Å². The first-order chi connectivity index (χ1) is 11.6. The summed E-state index contributed by atoms with van der Waals surface area (Å²) in [6.07, 6.45) is 5.63. The normalized spacial score (nSPS) is 25.5. The summed E-state index contributed by atoms with van der Waals surface area (Å²) in [4.78, 5) is 24.9. The van der Waals surface area contributed by atoms with Crippen LogP contribution in [-0.4, -0.2) is 23.8 Å². The highest BCUT2D eigenvalue weighted by Gasteiger charge is 2.35. The molecule has 1 amide bonds. The molecule has 26 heavy (non-hydrogen) atoms. The standard InChI is InChI=1S/C21H40N2O2.ClH/c1-13(2)11-17(23-21(25)16(6)22)8-10-20(24)19-12-15(5)7-9-18(19)14(3)4;/h13-19H,7-12,22H2,1-6H3,(H,23,25);1H/t15-,16+,17-,18+,19-;/m1./s1. The molecule has 1 aliphatic rings. The molecule has 0 bridgehead atoms. The largest absolute Gasteiger partial charge is 0.352 e. The molecular weight excluding hydrogens is 348 g/mol. The van der Waals surface area contributed by atoms with E-state index in [2.05, 4.69) is 39.9 Å². The fourth-order valence-electron chi connectivity index (χ4n) is 4.22. The van der Waals surface area contributed by atoms with Crippen molar-refractivity contribution in [2.24, 2.45) is 35.3 Å². The van der Waals surface area contributed by atoms with Crippen LogP contribution in [0.3, 0.4) is 0 Å². The minimum absolute atomic E-state index is 0. The van der Waals surface area contributed by atoms with E-state index < -0.39 is 6.04 Å². The Labute approximate surface area is 166 Å². The molecule has 0 aromatic heterocycles. The van der Waals surface area contributed by atoms with E-state index in [1.807, 2.05) is 0 Å². The SMILES string of the molecule is CC(C)C[C@@H](CCC(=O)[C@@H]1C[C@H](C)CC[C@H]1C(C)C)NC(=O)[C@H](C)N.Cl. The number of amides is 1. The lowest BCUT2D eigenvalue weighted by Crippen LogP contribution is -2.44. The Kier molecular flexibility index (Phi) is 11.7. The molecule has 0 aromatic carbocycles. The van der Waals surface area contributed by atoms with Crippen LogP contribution in [0.2, 0.25) is 0 Å². The Morgan fingerprint density at radius 2 is 1.73 bits per heavy atom. The van der Waals surface area contributed by atoms with Crippen LogP contribution in [0.25, 0.3) is 0 Å². The molecular formula is C21H41ClN2O2. The second-order valence-electron chi connectivity index (χ2n) is 9.06. The van der Waals surface area contributed by atoms with Gasteiger partial charge in [-0.15, -0.1) is 12.4 Å². The molecule has 0 unspecified atom stereocenters. The lowest BCUT2D eigenvalue weighted by molar-refractivity contribution is -0.128. The van der Waals surface area contributed by atoms with Gasteiger partial charge in [-0.25, -0.2) is 0 Å². The lowest BCUT2D eigenvalue weighted by atomic mass is 9.68. The molecule has 1 saturated carbocycles. The highest BCUT2D eigenvalue weighted by Crippen LogP contribution is 2.39. The summed E-state index contributed by atoms with van der Waals surface area (Å²) in [5.41, 5.74) is 5.68. The minimum Gasteiger partial charge on any atom is -0.352 e. The molecule has 4 nitrogen and oxygen atoms in total. The third-order valence-corrected chi connectivity index (χ3v) is 5.69. The number of rotatable bonds is 9. The molecule has 0 saturated heterocycles. The van der Waals surface area contributed by atoms with Gasteiger partial charge in [0.05, 0.1) is 6.04 Å². The lowest BCUT2D eigenvalue weighted by Gasteiger charge is -2.36. The van der Waals surface area contributed by atoms with Crippen molar-refractivity contribution in [3.05, 3.63) is 0 Å². The number of ketones is 1. The average molecular weight is 389 g/mol. The third-order valence-electron chi connectivity index (χ3n) is 5.69. The Hall–Kier alpha value is -0.610. The number of nitrogens with one attached hydrogen (secondary N) is 1. The summed E-state index contributed by atoms with van der Waals surface area (Å²) in [5, 5.41) is 3.03. The molecule has 0 spiro atoms. The molecule has 1 aliphatic carbocycles. The number of carbonyl (C=O) groups is 2. The van der Waals surface area contributed by atoms with Crippen LogP contribution in [0, 0.1) is 29.6 Å². The summed E-state index contributed by atoms with van der Waals surface area (Å²) in [5.74, 6) is 2.68. The van der Waals surface area contributed by atoms with E-state index in [4.69, 9.17) is 5.73 Å². The number of Topliss-reactive ketones (excluding diaryl/α,β-unsaturated/α-hetero) is 1. The average Bonchev–Trinajstić information content (AvgIpc) is 2.51. The molecule has 1 fully saturated rings. The van der Waals surface area contributed by atoms with Crippen LogP contribution in [-0.2, 0) is 9.59 Å². The van der Waals surface area contributed by atoms with Crippen molar-refractivity contribution in [1.82, 2.24) is 5.32 Å². The van der Waals surface area contributed by atoms with Gasteiger partial charge in [-0.3, -0.25) is 9.59 Å². The van der Waals surface area contributed by atoms with Crippen molar-refractivity contribution >= 4 is 24.1 Å². The molecule has 0 aliphatic heterocycles. The molecule has 0 radical (unpaired) electrons. The third kappa shape index (κ3) is 8.39. The van der Waals surface area contributed by atoms with E-state index in [0.717, 1.165) is 19.3 Å². The summed E-state index contributed by atoms with van der Waals surface area (Å²) >= 11 is 0. The molecule has 5 atom stereocenters. The van der Waals surface area contributed by atoms with Gasteiger partial charge >= 0.3 is 0 Å². The Balaban J connectivity index is 0.00000625. The number of nitrogens with two attached hydrogens (primary N) is 1. The van der Waals surface area contributed by atoms with Gasteiger partial charge in [0.2, 0.25) is 5.91 Å². The predicted molar refractivity (Wildman–Crippen MR) is 111 cm³/mol. The van der Waals surface area contributed by atoms with Crippen LogP contribution < -0.4 is 11.1 Å². The summed E-state index contributed by atoms with van der Waals surface area (Å²) in [6.45, 7) is 12.7. The molecule has 0 aromatic rings. The fourth-order valence-corrected chi connectivity index (χ4v) is 4.22. The summed E-state index contributed by atoms with van der Waals surface area (Å²) in [7, 11) is 0. The molecule has 5 heteroatoms. The number of hydrogen-bond donors (Lipinski definition) is 2. The number of halogens is 1. The number of carbonyl (C=O) groups excluding carboxylic acids is 2. The van der Waals surface area contributed by atoms with E-state index >= 15 is 0 Å². The molecule has 3 N–H and O–H groups in total. The topological polar surface area (TPSA) is 72.2 Å². The Morgan fingerprint density at radius 1 is 1.12 bits per heavy atom. The van der Waals surface area contributed by atoms with Gasteiger partial charge in [-0.05, 0) is 56.3 Å². The Bertz CT molecular complexity index is 438. The molecule has 0 heterocycles. The number of hydrogen-bond acceptors (Lipinski definition) is 3. The molecule has 154 valence electrons. The fraction of sp³-hybridized carbons (Fsp3) is 0.905. The van der Waals surface area contributed by atoms with E-state index in [-0.39, 0.29) is 30.3 Å². The van der Waals surface area contributed by atoms with Crippen LogP contribution in [0.15, 0.2) is 0 Å². The first kappa shape index (κ1) is 25.4. The van der Waals surface area contributed by atoms with Gasteiger partial charge in [0.15, 0.2) is 0 Å². The van der Waals surface area contributed by atoms with Gasteiger partial charge in [0, 0.05) is 18.4 Å². The van der Waals surface area contributed by atoms with Gasteiger partial charge in [0.25, 0.3) is 0 Å².